The Morgan fingerprint density at radius 1 is 1.67 bits per heavy atom. The highest BCUT2D eigenvalue weighted by atomic mass is 16.3. The predicted molar refractivity (Wildman–Crippen MR) is 37.1 cm³/mol. The normalized spacial score (nSPS) is 37.7. The highest BCUT2D eigenvalue weighted by Gasteiger charge is 2.33. The Hall–Kier alpha value is -0.0800. The van der Waals surface area contributed by atoms with Crippen LogP contribution in [0, 0.1) is 0 Å². The maximum atomic E-state index is 9.69. The van der Waals surface area contributed by atoms with Crippen molar-refractivity contribution in [3.8, 4) is 0 Å². The Morgan fingerprint density at radius 2 is 2.33 bits per heavy atom. The maximum absolute atomic E-state index is 9.69. The lowest BCUT2D eigenvalue weighted by Crippen LogP contribution is -2.40. The Labute approximate surface area is 56.5 Å². The van der Waals surface area contributed by atoms with Crippen LogP contribution in [0.2, 0.25) is 0 Å². The van der Waals surface area contributed by atoms with Crippen LogP contribution in [-0.4, -0.2) is 29.3 Å². The number of aliphatic hydroxyl groups is 1. The van der Waals surface area contributed by atoms with Gasteiger partial charge >= 0.3 is 0 Å². The number of hydrogen-bond acceptors (Lipinski definition) is 2. The van der Waals surface area contributed by atoms with Gasteiger partial charge in [-0.05, 0) is 26.3 Å². The number of likely N-dealkylation sites (tertiary alicyclic amines) is 1. The van der Waals surface area contributed by atoms with Gasteiger partial charge < -0.3 is 5.11 Å². The molecule has 54 valence electrons. The SMILES string of the molecule is CCC1(O)CCCN1C. The zero-order valence-electron chi connectivity index (χ0n) is 6.22. The summed E-state index contributed by atoms with van der Waals surface area (Å²) in [5.41, 5.74) is -0.472. The van der Waals surface area contributed by atoms with Gasteiger partial charge in [0.05, 0.1) is 0 Å². The molecule has 0 aromatic heterocycles. The summed E-state index contributed by atoms with van der Waals surface area (Å²) in [5, 5.41) is 9.69. The minimum atomic E-state index is -0.472. The zero-order chi connectivity index (χ0) is 6.91. The van der Waals surface area contributed by atoms with Crippen molar-refractivity contribution in [1.29, 1.82) is 0 Å². The van der Waals surface area contributed by atoms with E-state index in [1.165, 1.54) is 0 Å². The molecule has 1 heterocycles. The molecule has 1 saturated heterocycles. The van der Waals surface area contributed by atoms with E-state index >= 15 is 0 Å². The third-order valence-corrected chi connectivity index (χ3v) is 2.35. The summed E-state index contributed by atoms with van der Waals surface area (Å²) < 4.78 is 0. The number of hydrogen-bond donors (Lipinski definition) is 1. The van der Waals surface area contributed by atoms with E-state index in [9.17, 15) is 5.11 Å². The summed E-state index contributed by atoms with van der Waals surface area (Å²) in [6.45, 7) is 3.08. The van der Waals surface area contributed by atoms with Crippen molar-refractivity contribution in [2.45, 2.75) is 31.9 Å². The third-order valence-electron chi connectivity index (χ3n) is 2.35. The molecule has 0 aliphatic carbocycles. The number of rotatable bonds is 1. The summed E-state index contributed by atoms with van der Waals surface area (Å²) in [5.74, 6) is 0. The molecule has 1 unspecified atom stereocenters. The van der Waals surface area contributed by atoms with Gasteiger partial charge in [0.1, 0.15) is 5.72 Å². The molecule has 0 aromatic carbocycles. The highest BCUT2D eigenvalue weighted by Crippen LogP contribution is 2.27. The molecule has 1 N–H and O–H groups in total. The first kappa shape index (κ1) is 7.03. The topological polar surface area (TPSA) is 23.5 Å². The molecule has 1 rings (SSSR count). The van der Waals surface area contributed by atoms with E-state index < -0.39 is 5.72 Å². The first-order valence-electron chi connectivity index (χ1n) is 3.62. The van der Waals surface area contributed by atoms with Crippen LogP contribution in [0.3, 0.4) is 0 Å². The standard InChI is InChI=1S/C7H15NO/c1-3-7(9)5-4-6-8(7)2/h9H,3-6H2,1-2H3. The van der Waals surface area contributed by atoms with Gasteiger partial charge in [-0.3, -0.25) is 4.90 Å². The molecule has 1 aliphatic rings. The second-order valence-electron chi connectivity index (χ2n) is 2.86. The van der Waals surface area contributed by atoms with E-state index in [0.717, 1.165) is 25.8 Å². The Morgan fingerprint density at radius 3 is 2.56 bits per heavy atom. The van der Waals surface area contributed by atoms with Crippen LogP contribution >= 0.6 is 0 Å². The summed E-state index contributed by atoms with van der Waals surface area (Å²) in [6.07, 6.45) is 2.93. The smallest absolute Gasteiger partial charge is 0.118 e. The van der Waals surface area contributed by atoms with Crippen molar-refractivity contribution in [3.63, 3.8) is 0 Å². The van der Waals surface area contributed by atoms with Gasteiger partial charge in [-0.15, -0.1) is 0 Å². The van der Waals surface area contributed by atoms with E-state index in [4.69, 9.17) is 0 Å². The van der Waals surface area contributed by atoms with E-state index in [1.807, 2.05) is 18.9 Å². The molecule has 0 saturated carbocycles. The minimum Gasteiger partial charge on any atom is -0.376 e. The molecule has 0 aromatic rings. The predicted octanol–water partition coefficient (Wildman–Crippen LogP) is 0.811. The van der Waals surface area contributed by atoms with Gasteiger partial charge in [-0.2, -0.15) is 0 Å². The molecule has 0 amide bonds. The Kier molecular flexibility index (Phi) is 1.78. The Balaban J connectivity index is 2.56. The fraction of sp³-hybridized carbons (Fsp3) is 1.00. The second-order valence-corrected chi connectivity index (χ2v) is 2.86. The summed E-state index contributed by atoms with van der Waals surface area (Å²) in [4.78, 5) is 2.03. The quantitative estimate of drug-likeness (QED) is 0.566. The monoisotopic (exact) mass is 129 g/mol. The van der Waals surface area contributed by atoms with Gasteiger partial charge in [0.2, 0.25) is 0 Å². The molecule has 0 spiro atoms. The summed E-state index contributed by atoms with van der Waals surface area (Å²) >= 11 is 0. The Bertz CT molecular complexity index is 105. The fourth-order valence-corrected chi connectivity index (χ4v) is 1.45. The second kappa shape index (κ2) is 2.27. The van der Waals surface area contributed by atoms with Crippen molar-refractivity contribution >= 4 is 0 Å². The molecular formula is C7H15NO. The summed E-state index contributed by atoms with van der Waals surface area (Å²) in [7, 11) is 1.98. The zero-order valence-corrected chi connectivity index (χ0v) is 6.22. The average Bonchev–Trinajstić information content (AvgIpc) is 2.15. The maximum Gasteiger partial charge on any atom is 0.118 e. The van der Waals surface area contributed by atoms with E-state index in [1.54, 1.807) is 0 Å². The molecule has 1 atom stereocenters. The lowest BCUT2D eigenvalue weighted by molar-refractivity contribution is -0.0694. The molecule has 2 heteroatoms. The van der Waals surface area contributed by atoms with Gasteiger partial charge in [0, 0.05) is 6.54 Å². The molecule has 1 fully saturated rings. The van der Waals surface area contributed by atoms with Crippen molar-refractivity contribution in [2.24, 2.45) is 0 Å². The lowest BCUT2D eigenvalue weighted by atomic mass is 10.1. The lowest BCUT2D eigenvalue weighted by Gasteiger charge is -2.28. The van der Waals surface area contributed by atoms with Gasteiger partial charge in [0.25, 0.3) is 0 Å². The van der Waals surface area contributed by atoms with Crippen molar-refractivity contribution < 1.29 is 5.11 Å². The first-order valence-corrected chi connectivity index (χ1v) is 3.62. The van der Waals surface area contributed by atoms with Crippen LogP contribution in [-0.2, 0) is 0 Å². The van der Waals surface area contributed by atoms with E-state index in [2.05, 4.69) is 0 Å². The van der Waals surface area contributed by atoms with Crippen LogP contribution in [0.15, 0.2) is 0 Å². The largest absolute Gasteiger partial charge is 0.376 e. The van der Waals surface area contributed by atoms with Gasteiger partial charge in [0.15, 0.2) is 0 Å². The molecule has 2 nitrogen and oxygen atoms in total. The van der Waals surface area contributed by atoms with Crippen molar-refractivity contribution in [1.82, 2.24) is 4.90 Å². The first-order chi connectivity index (χ1) is 4.19. The molecule has 0 radical (unpaired) electrons. The number of nitrogens with zero attached hydrogens (tertiary/aromatic N) is 1. The fourth-order valence-electron chi connectivity index (χ4n) is 1.45. The van der Waals surface area contributed by atoms with Crippen LogP contribution in [0.4, 0.5) is 0 Å². The van der Waals surface area contributed by atoms with Crippen LogP contribution in [0.5, 0.6) is 0 Å². The van der Waals surface area contributed by atoms with E-state index in [-0.39, 0.29) is 0 Å². The summed E-state index contributed by atoms with van der Waals surface area (Å²) in [6, 6.07) is 0. The highest BCUT2D eigenvalue weighted by molar-refractivity contribution is 4.81. The molecule has 1 aliphatic heterocycles. The van der Waals surface area contributed by atoms with Crippen molar-refractivity contribution in [3.05, 3.63) is 0 Å². The van der Waals surface area contributed by atoms with Crippen molar-refractivity contribution in [2.75, 3.05) is 13.6 Å². The molecular weight excluding hydrogens is 114 g/mol. The van der Waals surface area contributed by atoms with Crippen LogP contribution < -0.4 is 0 Å². The average molecular weight is 129 g/mol. The molecule has 0 bridgehead atoms. The third kappa shape index (κ3) is 1.10. The minimum absolute atomic E-state index is 0.472. The van der Waals surface area contributed by atoms with Gasteiger partial charge in [-0.25, -0.2) is 0 Å². The van der Waals surface area contributed by atoms with E-state index in [0.29, 0.717) is 0 Å². The van der Waals surface area contributed by atoms with Crippen LogP contribution in [0.25, 0.3) is 0 Å². The van der Waals surface area contributed by atoms with Crippen LogP contribution in [0.1, 0.15) is 26.2 Å². The molecule has 9 heavy (non-hydrogen) atoms. The van der Waals surface area contributed by atoms with Gasteiger partial charge in [-0.1, -0.05) is 6.92 Å².